The Balaban J connectivity index is 2.54. The number of carbonyl (C=O) groups excluding carboxylic acids is 1. The molecule has 0 bridgehead atoms. The van der Waals surface area contributed by atoms with Gasteiger partial charge in [0.25, 0.3) is 10.0 Å². The SMILES string of the molecule is COC(=O)c1ccc(Br)c(C)c1NS(=O)(=O)c1ccc(OC)c(OC)c1. The standard InChI is InChI=1S/C17H18BrNO6S/c1-10-13(18)7-6-12(17(20)25-4)16(10)19-26(21,22)11-5-8-14(23-2)15(9-11)24-3/h5-9,19H,1-4H3. The summed E-state index contributed by atoms with van der Waals surface area (Å²) in [6, 6.07) is 7.34. The molecule has 0 aliphatic rings. The van der Waals surface area contributed by atoms with Gasteiger partial charge < -0.3 is 14.2 Å². The maximum Gasteiger partial charge on any atom is 0.340 e. The van der Waals surface area contributed by atoms with Gasteiger partial charge in [-0.2, -0.15) is 0 Å². The third-order valence-electron chi connectivity index (χ3n) is 3.71. The Kier molecular flexibility index (Phi) is 6.14. The molecule has 0 aromatic heterocycles. The zero-order valence-corrected chi connectivity index (χ0v) is 17.0. The van der Waals surface area contributed by atoms with Crippen molar-refractivity contribution in [2.75, 3.05) is 26.1 Å². The molecule has 0 fully saturated rings. The van der Waals surface area contributed by atoms with Crippen molar-refractivity contribution in [3.63, 3.8) is 0 Å². The molecule has 0 amide bonds. The first-order chi connectivity index (χ1) is 12.2. The van der Waals surface area contributed by atoms with Crippen LogP contribution in [0.5, 0.6) is 11.5 Å². The average molecular weight is 444 g/mol. The monoisotopic (exact) mass is 443 g/mol. The number of benzene rings is 2. The highest BCUT2D eigenvalue weighted by atomic mass is 79.9. The van der Waals surface area contributed by atoms with Crippen LogP contribution >= 0.6 is 15.9 Å². The third kappa shape index (κ3) is 3.94. The molecule has 0 heterocycles. The maximum atomic E-state index is 12.8. The lowest BCUT2D eigenvalue weighted by molar-refractivity contribution is 0.0602. The normalized spacial score (nSPS) is 11.0. The van der Waals surface area contributed by atoms with Gasteiger partial charge >= 0.3 is 5.97 Å². The lowest BCUT2D eigenvalue weighted by Crippen LogP contribution is -2.17. The fourth-order valence-electron chi connectivity index (χ4n) is 2.27. The van der Waals surface area contributed by atoms with Gasteiger partial charge in [0, 0.05) is 10.5 Å². The fraction of sp³-hybridized carbons (Fsp3) is 0.235. The molecule has 0 saturated carbocycles. The second-order valence-electron chi connectivity index (χ2n) is 5.21. The second kappa shape index (κ2) is 7.96. The van der Waals surface area contributed by atoms with E-state index in [0.717, 1.165) is 0 Å². The lowest BCUT2D eigenvalue weighted by Gasteiger charge is -2.16. The van der Waals surface area contributed by atoms with Gasteiger partial charge in [0.1, 0.15) is 0 Å². The van der Waals surface area contributed by atoms with Crippen LogP contribution in [0, 0.1) is 6.92 Å². The average Bonchev–Trinajstić information content (AvgIpc) is 2.64. The number of methoxy groups -OCH3 is 3. The summed E-state index contributed by atoms with van der Waals surface area (Å²) in [7, 11) is 0.108. The molecule has 0 spiro atoms. The first-order valence-electron chi connectivity index (χ1n) is 7.37. The van der Waals surface area contributed by atoms with Crippen LogP contribution in [0.4, 0.5) is 5.69 Å². The van der Waals surface area contributed by atoms with E-state index >= 15 is 0 Å². The van der Waals surface area contributed by atoms with E-state index in [-0.39, 0.29) is 21.9 Å². The van der Waals surface area contributed by atoms with E-state index in [1.165, 1.54) is 45.6 Å². The van der Waals surface area contributed by atoms with E-state index in [9.17, 15) is 13.2 Å². The summed E-state index contributed by atoms with van der Waals surface area (Å²) in [6.45, 7) is 1.68. The van der Waals surface area contributed by atoms with Crippen molar-refractivity contribution in [1.82, 2.24) is 0 Å². The van der Waals surface area contributed by atoms with Gasteiger partial charge in [0.15, 0.2) is 11.5 Å². The number of hydrogen-bond acceptors (Lipinski definition) is 6. The summed E-state index contributed by atoms with van der Waals surface area (Å²) in [5.41, 5.74) is 0.801. The molecule has 0 unspecified atom stereocenters. The Morgan fingerprint density at radius 3 is 2.27 bits per heavy atom. The molecule has 0 aliphatic heterocycles. The molecule has 0 atom stereocenters. The summed E-state index contributed by atoms with van der Waals surface area (Å²) in [6.07, 6.45) is 0. The Morgan fingerprint density at radius 1 is 1.04 bits per heavy atom. The highest BCUT2D eigenvalue weighted by molar-refractivity contribution is 9.10. The summed E-state index contributed by atoms with van der Waals surface area (Å²) < 4.78 is 43.7. The molecule has 1 N–H and O–H groups in total. The number of ether oxygens (including phenoxy) is 3. The number of anilines is 1. The summed E-state index contributed by atoms with van der Waals surface area (Å²) in [5.74, 6) is 0.0282. The molecule has 2 aromatic carbocycles. The molecule has 9 heteroatoms. The number of carbonyl (C=O) groups is 1. The van der Waals surface area contributed by atoms with E-state index in [1.807, 2.05) is 0 Å². The Morgan fingerprint density at radius 2 is 1.69 bits per heavy atom. The third-order valence-corrected chi connectivity index (χ3v) is 5.91. The van der Waals surface area contributed by atoms with Crippen LogP contribution in [-0.4, -0.2) is 35.7 Å². The van der Waals surface area contributed by atoms with Crippen LogP contribution < -0.4 is 14.2 Å². The van der Waals surface area contributed by atoms with Crippen molar-refractivity contribution < 1.29 is 27.4 Å². The van der Waals surface area contributed by atoms with Crippen molar-refractivity contribution in [3.8, 4) is 11.5 Å². The van der Waals surface area contributed by atoms with Gasteiger partial charge in [-0.1, -0.05) is 15.9 Å². The number of halogens is 1. The number of hydrogen-bond donors (Lipinski definition) is 1. The van der Waals surface area contributed by atoms with Crippen molar-refractivity contribution in [1.29, 1.82) is 0 Å². The minimum Gasteiger partial charge on any atom is -0.493 e. The molecule has 2 aromatic rings. The van der Waals surface area contributed by atoms with Gasteiger partial charge in [0.2, 0.25) is 0 Å². The zero-order valence-electron chi connectivity index (χ0n) is 14.6. The van der Waals surface area contributed by atoms with E-state index < -0.39 is 16.0 Å². The Bertz CT molecular complexity index is 943. The fourth-order valence-corrected chi connectivity index (χ4v) is 3.76. The smallest absolute Gasteiger partial charge is 0.340 e. The molecule has 0 radical (unpaired) electrons. The maximum absolute atomic E-state index is 12.8. The minimum absolute atomic E-state index is 0.0367. The lowest BCUT2D eigenvalue weighted by atomic mass is 10.1. The minimum atomic E-state index is -3.99. The first kappa shape index (κ1) is 20.1. The number of nitrogens with one attached hydrogen (secondary N) is 1. The largest absolute Gasteiger partial charge is 0.493 e. The summed E-state index contributed by atoms with van der Waals surface area (Å²) in [4.78, 5) is 12.0. The van der Waals surface area contributed by atoms with Gasteiger partial charge in [-0.25, -0.2) is 13.2 Å². The molecule has 140 valence electrons. The van der Waals surface area contributed by atoms with E-state index in [4.69, 9.17) is 14.2 Å². The molecular weight excluding hydrogens is 426 g/mol. The van der Waals surface area contributed by atoms with Crippen molar-refractivity contribution in [2.45, 2.75) is 11.8 Å². The second-order valence-corrected chi connectivity index (χ2v) is 7.75. The van der Waals surface area contributed by atoms with E-state index in [0.29, 0.717) is 15.8 Å². The van der Waals surface area contributed by atoms with Crippen LogP contribution in [0.25, 0.3) is 0 Å². The van der Waals surface area contributed by atoms with Crippen molar-refractivity contribution in [3.05, 3.63) is 45.9 Å². The highest BCUT2D eigenvalue weighted by Crippen LogP contribution is 2.33. The van der Waals surface area contributed by atoms with Crippen LogP contribution in [0.15, 0.2) is 39.7 Å². The van der Waals surface area contributed by atoms with Crippen molar-refractivity contribution in [2.24, 2.45) is 0 Å². The zero-order chi connectivity index (χ0) is 19.5. The molecule has 0 saturated heterocycles. The van der Waals surface area contributed by atoms with E-state index in [2.05, 4.69) is 20.7 Å². The Hall–Kier alpha value is -2.26. The van der Waals surface area contributed by atoms with Gasteiger partial charge in [0.05, 0.1) is 37.5 Å². The molecule has 0 aliphatic carbocycles. The number of sulfonamides is 1. The molecule has 2 rings (SSSR count). The number of rotatable bonds is 6. The highest BCUT2D eigenvalue weighted by Gasteiger charge is 2.23. The number of esters is 1. The van der Waals surface area contributed by atoms with Gasteiger partial charge in [-0.3, -0.25) is 4.72 Å². The predicted octanol–water partition coefficient (Wildman–Crippen LogP) is 3.36. The summed E-state index contributed by atoms with van der Waals surface area (Å²) >= 11 is 3.33. The van der Waals surface area contributed by atoms with Gasteiger partial charge in [-0.15, -0.1) is 0 Å². The van der Waals surface area contributed by atoms with Crippen LogP contribution in [0.3, 0.4) is 0 Å². The van der Waals surface area contributed by atoms with E-state index in [1.54, 1.807) is 13.0 Å². The van der Waals surface area contributed by atoms with Crippen molar-refractivity contribution >= 4 is 37.6 Å². The van der Waals surface area contributed by atoms with Gasteiger partial charge in [-0.05, 0) is 36.8 Å². The first-order valence-corrected chi connectivity index (χ1v) is 9.65. The predicted molar refractivity (Wildman–Crippen MR) is 101 cm³/mol. The van der Waals surface area contributed by atoms with Crippen LogP contribution in [0.2, 0.25) is 0 Å². The molecule has 26 heavy (non-hydrogen) atoms. The Labute approximate surface area is 160 Å². The summed E-state index contributed by atoms with van der Waals surface area (Å²) in [5, 5.41) is 0. The topological polar surface area (TPSA) is 90.9 Å². The molecule has 7 nitrogen and oxygen atoms in total. The van der Waals surface area contributed by atoms with Crippen LogP contribution in [-0.2, 0) is 14.8 Å². The quantitative estimate of drug-likeness (QED) is 0.688. The van der Waals surface area contributed by atoms with Crippen LogP contribution in [0.1, 0.15) is 15.9 Å². The molecular formula is C17H18BrNO6S.